The van der Waals surface area contributed by atoms with Crippen molar-refractivity contribution in [3.8, 4) is 11.5 Å². The van der Waals surface area contributed by atoms with E-state index in [0.717, 1.165) is 11.1 Å². The molecule has 3 aromatic carbocycles. The first-order valence-corrected chi connectivity index (χ1v) is 14.4. The Hall–Kier alpha value is -4.43. The third kappa shape index (κ3) is 6.18. The highest BCUT2D eigenvalue weighted by atomic mass is 32.1. The van der Waals surface area contributed by atoms with Gasteiger partial charge in [0, 0.05) is 5.56 Å². The first-order valence-electron chi connectivity index (χ1n) is 13.6. The molecule has 0 amide bonds. The van der Waals surface area contributed by atoms with Crippen LogP contribution >= 0.6 is 11.3 Å². The average Bonchev–Trinajstić information content (AvgIpc) is 3.26. The molecular weight excluding hydrogens is 536 g/mol. The Kier molecular flexibility index (Phi) is 8.50. The van der Waals surface area contributed by atoms with E-state index >= 15 is 0 Å². The minimum atomic E-state index is -0.747. The van der Waals surface area contributed by atoms with Gasteiger partial charge in [-0.25, -0.2) is 9.79 Å². The Balaban J connectivity index is 1.59. The second kappa shape index (κ2) is 12.4. The average molecular weight is 569 g/mol. The van der Waals surface area contributed by atoms with E-state index < -0.39 is 12.0 Å². The van der Waals surface area contributed by atoms with Crippen LogP contribution < -0.4 is 24.4 Å². The summed E-state index contributed by atoms with van der Waals surface area (Å²) in [6.45, 7) is 8.06. The van der Waals surface area contributed by atoms with Gasteiger partial charge in [0.05, 0.1) is 28.5 Å². The molecule has 0 aliphatic carbocycles. The number of esters is 1. The molecule has 1 aromatic heterocycles. The first kappa shape index (κ1) is 28.1. The van der Waals surface area contributed by atoms with Gasteiger partial charge in [0.25, 0.3) is 5.56 Å². The van der Waals surface area contributed by atoms with Gasteiger partial charge in [0.15, 0.2) is 4.80 Å². The van der Waals surface area contributed by atoms with Crippen molar-refractivity contribution in [2.45, 2.75) is 46.4 Å². The van der Waals surface area contributed by atoms with Gasteiger partial charge >= 0.3 is 5.97 Å². The Labute approximate surface area is 242 Å². The normalized spacial score (nSPS) is 15.0. The molecule has 8 heteroatoms. The standard InChI is InChI=1S/C33H32N2O5S/c1-5-38-32(37)29-22(4)34-33-35(30(29)26-16-9-10-17-27(26)40-21(2)3)31(36)28(41-33)19-24-14-11-15-25(18-24)39-20-23-12-7-6-8-13-23/h6-19,21,30H,5,20H2,1-4H3. The minimum absolute atomic E-state index is 0.0977. The van der Waals surface area contributed by atoms with Crippen LogP contribution in [0.5, 0.6) is 11.5 Å². The summed E-state index contributed by atoms with van der Waals surface area (Å²) >= 11 is 1.28. The van der Waals surface area contributed by atoms with Gasteiger partial charge in [0.2, 0.25) is 0 Å². The van der Waals surface area contributed by atoms with Crippen LogP contribution in [0.1, 0.15) is 50.4 Å². The topological polar surface area (TPSA) is 79.1 Å². The Bertz CT molecular complexity index is 1770. The van der Waals surface area contributed by atoms with Crippen LogP contribution in [0.4, 0.5) is 0 Å². The van der Waals surface area contributed by atoms with Crippen LogP contribution in [0.3, 0.4) is 0 Å². The van der Waals surface area contributed by atoms with Crippen LogP contribution in [-0.2, 0) is 16.1 Å². The molecule has 41 heavy (non-hydrogen) atoms. The zero-order chi connectivity index (χ0) is 28.9. The van der Waals surface area contributed by atoms with Crippen molar-refractivity contribution in [2.24, 2.45) is 4.99 Å². The molecule has 1 atom stereocenters. The van der Waals surface area contributed by atoms with Gasteiger partial charge in [0.1, 0.15) is 24.1 Å². The van der Waals surface area contributed by atoms with E-state index in [-0.39, 0.29) is 18.3 Å². The molecule has 1 aliphatic heterocycles. The molecule has 1 aliphatic rings. The summed E-state index contributed by atoms with van der Waals surface area (Å²) in [5, 5.41) is 0. The summed E-state index contributed by atoms with van der Waals surface area (Å²) in [7, 11) is 0. The number of thiazole rings is 1. The summed E-state index contributed by atoms with van der Waals surface area (Å²) < 4.78 is 19.6. The van der Waals surface area contributed by atoms with E-state index in [0.29, 0.717) is 44.3 Å². The lowest BCUT2D eigenvalue weighted by Crippen LogP contribution is -2.40. The van der Waals surface area contributed by atoms with Crippen molar-refractivity contribution < 1.29 is 19.0 Å². The molecule has 210 valence electrons. The maximum Gasteiger partial charge on any atom is 0.338 e. The SMILES string of the molecule is CCOC(=O)C1=C(C)N=c2sc(=Cc3cccc(OCc4ccccc4)c3)c(=O)n2C1c1ccccc1OC(C)C. The third-order valence-corrected chi connectivity index (χ3v) is 7.48. The molecule has 1 unspecified atom stereocenters. The number of aromatic nitrogens is 1. The van der Waals surface area contributed by atoms with E-state index in [4.69, 9.17) is 14.2 Å². The number of hydrogen-bond donors (Lipinski definition) is 0. The molecule has 0 bridgehead atoms. The van der Waals surface area contributed by atoms with Gasteiger partial charge in [-0.3, -0.25) is 9.36 Å². The highest BCUT2D eigenvalue weighted by Crippen LogP contribution is 2.36. The third-order valence-electron chi connectivity index (χ3n) is 6.50. The Morgan fingerprint density at radius 2 is 1.80 bits per heavy atom. The van der Waals surface area contributed by atoms with Crippen LogP contribution in [0.2, 0.25) is 0 Å². The molecule has 4 aromatic rings. The van der Waals surface area contributed by atoms with E-state index in [1.165, 1.54) is 11.3 Å². The zero-order valence-corrected chi connectivity index (χ0v) is 24.3. The number of carbonyl (C=O) groups excluding carboxylic acids is 1. The molecule has 0 spiro atoms. The molecule has 0 fully saturated rings. The quantitative estimate of drug-likeness (QED) is 0.261. The molecule has 5 rings (SSSR count). The lowest BCUT2D eigenvalue weighted by atomic mass is 9.95. The Morgan fingerprint density at radius 1 is 1.05 bits per heavy atom. The minimum Gasteiger partial charge on any atom is -0.491 e. The number of para-hydroxylation sites is 1. The molecular formula is C33H32N2O5S. The van der Waals surface area contributed by atoms with Crippen molar-refractivity contribution in [2.75, 3.05) is 6.61 Å². The number of nitrogens with zero attached hydrogens (tertiary/aromatic N) is 2. The summed E-state index contributed by atoms with van der Waals surface area (Å²) in [6, 6.07) is 24.3. The van der Waals surface area contributed by atoms with E-state index in [9.17, 15) is 9.59 Å². The van der Waals surface area contributed by atoms with Gasteiger partial charge in [-0.2, -0.15) is 0 Å². The lowest BCUT2D eigenvalue weighted by Gasteiger charge is -2.26. The van der Waals surface area contributed by atoms with Gasteiger partial charge < -0.3 is 14.2 Å². The highest BCUT2D eigenvalue weighted by Gasteiger charge is 2.35. The smallest absolute Gasteiger partial charge is 0.338 e. The van der Waals surface area contributed by atoms with Crippen molar-refractivity contribution in [3.05, 3.63) is 127 Å². The number of carbonyl (C=O) groups is 1. The predicted octanol–water partition coefficient (Wildman–Crippen LogP) is 5.16. The largest absolute Gasteiger partial charge is 0.491 e. The fraction of sp³-hybridized carbons (Fsp3) is 0.242. The van der Waals surface area contributed by atoms with E-state index in [2.05, 4.69) is 4.99 Å². The fourth-order valence-corrected chi connectivity index (χ4v) is 5.79. The van der Waals surface area contributed by atoms with E-state index in [1.807, 2.05) is 98.8 Å². The van der Waals surface area contributed by atoms with Crippen LogP contribution in [-0.4, -0.2) is 23.2 Å². The van der Waals surface area contributed by atoms with E-state index in [1.54, 1.807) is 18.4 Å². The molecule has 0 radical (unpaired) electrons. The number of hydrogen-bond acceptors (Lipinski definition) is 7. The molecule has 0 saturated carbocycles. The summed E-state index contributed by atoms with van der Waals surface area (Å²) in [5.41, 5.74) is 3.17. The van der Waals surface area contributed by atoms with Gasteiger partial charge in [-0.15, -0.1) is 0 Å². The number of rotatable bonds is 9. The maximum atomic E-state index is 14.0. The predicted molar refractivity (Wildman–Crippen MR) is 160 cm³/mol. The molecule has 2 heterocycles. The van der Waals surface area contributed by atoms with Crippen molar-refractivity contribution >= 4 is 23.4 Å². The van der Waals surface area contributed by atoms with Crippen molar-refractivity contribution in [1.29, 1.82) is 0 Å². The van der Waals surface area contributed by atoms with Crippen LogP contribution in [0, 0.1) is 0 Å². The van der Waals surface area contributed by atoms with Gasteiger partial charge in [-0.1, -0.05) is 72.0 Å². The number of fused-ring (bicyclic) bond motifs is 1. The highest BCUT2D eigenvalue weighted by molar-refractivity contribution is 7.07. The Morgan fingerprint density at radius 3 is 2.56 bits per heavy atom. The van der Waals surface area contributed by atoms with Crippen LogP contribution in [0.25, 0.3) is 6.08 Å². The fourth-order valence-electron chi connectivity index (χ4n) is 4.74. The van der Waals surface area contributed by atoms with Crippen molar-refractivity contribution in [3.63, 3.8) is 0 Å². The zero-order valence-electron chi connectivity index (χ0n) is 23.5. The molecule has 7 nitrogen and oxygen atoms in total. The number of allylic oxidation sites excluding steroid dienone is 1. The summed E-state index contributed by atoms with van der Waals surface area (Å²) in [5.74, 6) is 0.797. The molecule has 0 saturated heterocycles. The summed E-state index contributed by atoms with van der Waals surface area (Å²) in [6.07, 6.45) is 1.73. The number of benzene rings is 3. The monoisotopic (exact) mass is 568 g/mol. The van der Waals surface area contributed by atoms with Crippen LogP contribution in [0.15, 0.2) is 99.9 Å². The number of ether oxygens (including phenoxy) is 3. The maximum absolute atomic E-state index is 14.0. The second-order valence-electron chi connectivity index (χ2n) is 9.85. The second-order valence-corrected chi connectivity index (χ2v) is 10.9. The summed E-state index contributed by atoms with van der Waals surface area (Å²) in [4.78, 5) is 32.4. The lowest BCUT2D eigenvalue weighted by molar-refractivity contribution is -0.139. The van der Waals surface area contributed by atoms with Gasteiger partial charge in [-0.05, 0) is 63.1 Å². The van der Waals surface area contributed by atoms with Crippen molar-refractivity contribution in [1.82, 2.24) is 4.57 Å². The molecule has 0 N–H and O–H groups in total. The first-order chi connectivity index (χ1) is 19.9.